The zero-order valence-corrected chi connectivity index (χ0v) is 11.2. The van der Waals surface area contributed by atoms with Gasteiger partial charge in [0.05, 0.1) is 17.8 Å². The molecule has 0 atom stereocenters. The lowest BCUT2D eigenvalue weighted by Gasteiger charge is -2.08. The summed E-state index contributed by atoms with van der Waals surface area (Å²) in [6.07, 6.45) is 3.58. The van der Waals surface area contributed by atoms with Crippen molar-refractivity contribution >= 4 is 23.2 Å². The molecule has 6 heteroatoms. The van der Waals surface area contributed by atoms with E-state index in [1.54, 1.807) is 6.07 Å². The Kier molecular flexibility index (Phi) is 3.17. The van der Waals surface area contributed by atoms with Gasteiger partial charge in [0, 0.05) is 5.69 Å². The van der Waals surface area contributed by atoms with E-state index < -0.39 is 5.56 Å². The van der Waals surface area contributed by atoms with E-state index in [-0.39, 0.29) is 5.02 Å². The number of benzene rings is 1. The number of rotatable bonds is 3. The maximum absolute atomic E-state index is 11.4. The van der Waals surface area contributed by atoms with Gasteiger partial charge in [-0.3, -0.25) is 9.78 Å². The molecule has 1 aromatic carbocycles. The summed E-state index contributed by atoms with van der Waals surface area (Å²) in [6.45, 7) is 0. The van der Waals surface area contributed by atoms with E-state index in [9.17, 15) is 10.1 Å². The lowest BCUT2D eigenvalue weighted by molar-refractivity contribution is 1.11. The van der Waals surface area contributed by atoms with E-state index in [2.05, 4.69) is 21.4 Å². The van der Waals surface area contributed by atoms with Crippen molar-refractivity contribution in [3.8, 4) is 6.07 Å². The van der Waals surface area contributed by atoms with Crippen molar-refractivity contribution in [1.29, 1.82) is 5.26 Å². The van der Waals surface area contributed by atoms with Gasteiger partial charge < -0.3 is 5.32 Å². The standard InChI is InChI=1S/C14H11ClN4O/c15-12-7-17-14(19-13(12)20)18-10-3-4-11(8-1-2-8)9(5-10)6-16/h3-5,7-8H,1-2H2,(H2,17,18,19,20). The summed E-state index contributed by atoms with van der Waals surface area (Å²) < 4.78 is 0. The highest BCUT2D eigenvalue weighted by molar-refractivity contribution is 6.30. The molecule has 0 aliphatic heterocycles. The number of hydrogen-bond donors (Lipinski definition) is 2. The topological polar surface area (TPSA) is 81.6 Å². The Morgan fingerprint density at radius 3 is 2.90 bits per heavy atom. The van der Waals surface area contributed by atoms with Crippen LogP contribution < -0.4 is 10.9 Å². The smallest absolute Gasteiger partial charge is 0.271 e. The van der Waals surface area contributed by atoms with Crippen LogP contribution in [0.25, 0.3) is 0 Å². The minimum absolute atomic E-state index is 0.0392. The quantitative estimate of drug-likeness (QED) is 0.909. The molecule has 1 aliphatic carbocycles. The van der Waals surface area contributed by atoms with Crippen LogP contribution >= 0.6 is 11.6 Å². The van der Waals surface area contributed by atoms with Gasteiger partial charge in [0.2, 0.25) is 5.95 Å². The van der Waals surface area contributed by atoms with E-state index >= 15 is 0 Å². The summed E-state index contributed by atoms with van der Waals surface area (Å²) in [6, 6.07) is 7.81. The van der Waals surface area contributed by atoms with Crippen LogP contribution in [0.1, 0.15) is 29.9 Å². The SMILES string of the molecule is N#Cc1cc(Nc2ncc(Cl)c(=O)[nH]2)ccc1C1CC1. The molecule has 0 radical (unpaired) electrons. The van der Waals surface area contributed by atoms with E-state index in [1.165, 1.54) is 6.20 Å². The fourth-order valence-corrected chi connectivity index (χ4v) is 2.16. The molecule has 0 saturated heterocycles. The molecule has 2 N–H and O–H groups in total. The summed E-state index contributed by atoms with van der Waals surface area (Å²) in [5.74, 6) is 0.814. The van der Waals surface area contributed by atoms with E-state index in [4.69, 9.17) is 11.6 Å². The largest absolute Gasteiger partial charge is 0.326 e. The summed E-state index contributed by atoms with van der Waals surface area (Å²) >= 11 is 5.62. The van der Waals surface area contributed by atoms with Crippen LogP contribution in [-0.2, 0) is 0 Å². The second kappa shape index (κ2) is 4.99. The van der Waals surface area contributed by atoms with Crippen LogP contribution in [0.2, 0.25) is 5.02 Å². The number of aromatic nitrogens is 2. The fourth-order valence-electron chi connectivity index (χ4n) is 2.06. The molecule has 1 heterocycles. The molecule has 100 valence electrons. The molecule has 20 heavy (non-hydrogen) atoms. The molecule has 1 saturated carbocycles. The van der Waals surface area contributed by atoms with Crippen LogP contribution in [-0.4, -0.2) is 9.97 Å². The van der Waals surface area contributed by atoms with Gasteiger partial charge in [0.1, 0.15) is 5.02 Å². The zero-order valence-electron chi connectivity index (χ0n) is 10.5. The van der Waals surface area contributed by atoms with Crippen molar-refractivity contribution in [2.75, 3.05) is 5.32 Å². The van der Waals surface area contributed by atoms with Gasteiger partial charge in [-0.2, -0.15) is 5.26 Å². The highest BCUT2D eigenvalue weighted by Crippen LogP contribution is 2.42. The van der Waals surface area contributed by atoms with Crippen molar-refractivity contribution in [3.63, 3.8) is 0 Å². The Balaban J connectivity index is 1.89. The molecule has 1 aromatic heterocycles. The molecule has 2 aromatic rings. The van der Waals surface area contributed by atoms with Gasteiger partial charge in [-0.05, 0) is 36.5 Å². The van der Waals surface area contributed by atoms with E-state index in [0.29, 0.717) is 23.1 Å². The first-order valence-corrected chi connectivity index (χ1v) is 6.61. The maximum Gasteiger partial charge on any atom is 0.271 e. The van der Waals surface area contributed by atoms with Crippen LogP contribution in [0.5, 0.6) is 0 Å². The summed E-state index contributed by atoms with van der Waals surface area (Å²) in [4.78, 5) is 17.9. The number of anilines is 2. The van der Waals surface area contributed by atoms with E-state index in [1.807, 2.05) is 12.1 Å². The second-order valence-electron chi connectivity index (χ2n) is 4.72. The average Bonchev–Trinajstić information content (AvgIpc) is 3.27. The normalized spacial score (nSPS) is 13.8. The second-order valence-corrected chi connectivity index (χ2v) is 5.13. The van der Waals surface area contributed by atoms with Crippen molar-refractivity contribution in [3.05, 3.63) is 50.9 Å². The Morgan fingerprint density at radius 1 is 1.45 bits per heavy atom. The van der Waals surface area contributed by atoms with Gasteiger partial charge in [0.15, 0.2) is 0 Å². The number of aromatic amines is 1. The number of hydrogen-bond acceptors (Lipinski definition) is 4. The van der Waals surface area contributed by atoms with Crippen LogP contribution in [0.15, 0.2) is 29.2 Å². The minimum atomic E-state index is -0.403. The molecule has 3 rings (SSSR count). The highest BCUT2D eigenvalue weighted by Gasteiger charge is 2.26. The molecule has 0 amide bonds. The predicted molar refractivity (Wildman–Crippen MR) is 76.3 cm³/mol. The average molecular weight is 287 g/mol. The molecule has 1 fully saturated rings. The maximum atomic E-state index is 11.4. The van der Waals surface area contributed by atoms with Crippen molar-refractivity contribution < 1.29 is 0 Å². The first kappa shape index (κ1) is 12.7. The van der Waals surface area contributed by atoms with Gasteiger partial charge in [0.25, 0.3) is 5.56 Å². The fraction of sp³-hybridized carbons (Fsp3) is 0.214. The van der Waals surface area contributed by atoms with Crippen molar-refractivity contribution in [2.24, 2.45) is 0 Å². The lowest BCUT2D eigenvalue weighted by Crippen LogP contribution is -2.10. The first-order valence-electron chi connectivity index (χ1n) is 6.23. The Labute approximate surface area is 120 Å². The number of H-pyrrole nitrogens is 1. The Morgan fingerprint density at radius 2 is 2.25 bits per heavy atom. The predicted octanol–water partition coefficient (Wildman–Crippen LogP) is 2.92. The van der Waals surface area contributed by atoms with Gasteiger partial charge in [-0.1, -0.05) is 17.7 Å². The molecule has 0 bridgehead atoms. The Bertz CT molecular complexity index is 758. The lowest BCUT2D eigenvalue weighted by atomic mass is 10.0. The molecular formula is C14H11ClN4O. The van der Waals surface area contributed by atoms with Crippen molar-refractivity contribution in [1.82, 2.24) is 9.97 Å². The molecule has 0 unspecified atom stereocenters. The first-order chi connectivity index (χ1) is 9.67. The van der Waals surface area contributed by atoms with Crippen LogP contribution in [0, 0.1) is 11.3 Å². The third-order valence-electron chi connectivity index (χ3n) is 3.21. The van der Waals surface area contributed by atoms with Gasteiger partial charge in [-0.15, -0.1) is 0 Å². The summed E-state index contributed by atoms with van der Waals surface area (Å²) in [7, 11) is 0. The number of nitrogens with one attached hydrogen (secondary N) is 2. The highest BCUT2D eigenvalue weighted by atomic mass is 35.5. The summed E-state index contributed by atoms with van der Waals surface area (Å²) in [5.41, 5.74) is 2.06. The number of nitrogens with zero attached hydrogens (tertiary/aromatic N) is 2. The minimum Gasteiger partial charge on any atom is -0.326 e. The number of halogens is 1. The van der Waals surface area contributed by atoms with Gasteiger partial charge >= 0.3 is 0 Å². The molecule has 0 spiro atoms. The third kappa shape index (κ3) is 2.51. The molecule has 5 nitrogen and oxygen atoms in total. The summed E-state index contributed by atoms with van der Waals surface area (Å²) in [5, 5.41) is 12.2. The van der Waals surface area contributed by atoms with Crippen molar-refractivity contribution in [2.45, 2.75) is 18.8 Å². The third-order valence-corrected chi connectivity index (χ3v) is 3.48. The molecular weight excluding hydrogens is 276 g/mol. The zero-order chi connectivity index (χ0) is 14.1. The van der Waals surface area contributed by atoms with Crippen LogP contribution in [0.3, 0.4) is 0 Å². The van der Waals surface area contributed by atoms with Gasteiger partial charge in [-0.25, -0.2) is 4.98 Å². The Hall–Kier alpha value is -2.32. The molecule has 1 aliphatic rings. The number of nitriles is 1. The van der Waals surface area contributed by atoms with E-state index in [0.717, 1.165) is 18.4 Å². The van der Waals surface area contributed by atoms with Crippen LogP contribution in [0.4, 0.5) is 11.6 Å². The monoisotopic (exact) mass is 286 g/mol.